The van der Waals surface area contributed by atoms with Crippen LogP contribution in [0.25, 0.3) is 22.6 Å². The number of anilines is 1. The van der Waals surface area contributed by atoms with Crippen LogP contribution in [0.4, 0.5) is 5.95 Å². The molecular weight excluding hydrogens is 288 g/mol. The van der Waals surface area contributed by atoms with Gasteiger partial charge in [0.1, 0.15) is 5.75 Å². The second-order valence-corrected chi connectivity index (χ2v) is 4.79. The van der Waals surface area contributed by atoms with E-state index in [4.69, 9.17) is 22.1 Å². The van der Waals surface area contributed by atoms with Crippen LogP contribution in [-0.2, 0) is 0 Å². The maximum Gasteiger partial charge on any atom is 0.220 e. The summed E-state index contributed by atoms with van der Waals surface area (Å²) in [6.45, 7) is 0. The smallest absolute Gasteiger partial charge is 0.220 e. The molecule has 0 aliphatic carbocycles. The van der Waals surface area contributed by atoms with Crippen LogP contribution in [0, 0.1) is 0 Å². The molecule has 1 aromatic carbocycles. The van der Waals surface area contributed by atoms with E-state index in [1.807, 2.05) is 30.3 Å². The summed E-state index contributed by atoms with van der Waals surface area (Å²) in [6.07, 6.45) is 1.62. The molecule has 3 aromatic rings. The summed E-state index contributed by atoms with van der Waals surface area (Å²) in [4.78, 5) is 11.3. The molecular formula is C15H13ClN4O. The largest absolute Gasteiger partial charge is 0.495 e. The zero-order valence-electron chi connectivity index (χ0n) is 11.3. The van der Waals surface area contributed by atoms with Crippen molar-refractivity contribution in [3.8, 4) is 28.4 Å². The Labute approximate surface area is 126 Å². The van der Waals surface area contributed by atoms with Gasteiger partial charge in [-0.3, -0.25) is 0 Å². The quantitative estimate of drug-likeness (QED) is 0.777. The number of aromatic nitrogens is 3. The number of ether oxygens (including phenoxy) is 1. The summed E-state index contributed by atoms with van der Waals surface area (Å²) in [6, 6.07) is 11.3. The summed E-state index contributed by atoms with van der Waals surface area (Å²) >= 11 is 6.33. The summed E-state index contributed by atoms with van der Waals surface area (Å²) in [5.41, 5.74) is 8.92. The van der Waals surface area contributed by atoms with Crippen molar-refractivity contribution in [1.82, 2.24) is 15.0 Å². The highest BCUT2D eigenvalue weighted by Crippen LogP contribution is 2.35. The van der Waals surface area contributed by atoms with E-state index in [2.05, 4.69) is 15.0 Å². The van der Waals surface area contributed by atoms with Gasteiger partial charge in [0, 0.05) is 17.5 Å². The highest BCUT2D eigenvalue weighted by atomic mass is 35.5. The highest BCUT2D eigenvalue weighted by molar-refractivity contribution is 6.34. The number of benzene rings is 1. The van der Waals surface area contributed by atoms with E-state index in [9.17, 15) is 0 Å². The second-order valence-electron chi connectivity index (χ2n) is 4.41. The van der Waals surface area contributed by atoms with Crippen molar-refractivity contribution in [1.29, 1.82) is 0 Å². The molecule has 0 amide bonds. The Morgan fingerprint density at radius 3 is 2.71 bits per heavy atom. The van der Waals surface area contributed by atoms with Crippen LogP contribution < -0.4 is 10.5 Å². The van der Waals surface area contributed by atoms with Gasteiger partial charge in [-0.2, -0.15) is 0 Å². The number of aromatic amines is 1. The molecule has 0 saturated carbocycles. The first-order valence-electron chi connectivity index (χ1n) is 6.30. The van der Waals surface area contributed by atoms with E-state index >= 15 is 0 Å². The fourth-order valence-corrected chi connectivity index (χ4v) is 2.41. The van der Waals surface area contributed by atoms with Crippen LogP contribution in [0.1, 0.15) is 0 Å². The average Bonchev–Trinajstić information content (AvgIpc) is 2.97. The zero-order chi connectivity index (χ0) is 14.8. The van der Waals surface area contributed by atoms with E-state index < -0.39 is 0 Å². The third-order valence-electron chi connectivity index (χ3n) is 3.11. The van der Waals surface area contributed by atoms with Crippen molar-refractivity contribution in [2.24, 2.45) is 0 Å². The van der Waals surface area contributed by atoms with Gasteiger partial charge in [0.2, 0.25) is 5.95 Å². The number of hydrogen-bond acceptors (Lipinski definition) is 4. The first kappa shape index (κ1) is 13.5. The Balaban J connectivity index is 2.03. The van der Waals surface area contributed by atoms with Gasteiger partial charge in [-0.25, -0.2) is 9.97 Å². The van der Waals surface area contributed by atoms with E-state index in [-0.39, 0.29) is 5.95 Å². The van der Waals surface area contributed by atoms with Crippen molar-refractivity contribution in [3.05, 3.63) is 47.6 Å². The molecule has 5 nitrogen and oxygen atoms in total. The van der Waals surface area contributed by atoms with Crippen molar-refractivity contribution in [3.63, 3.8) is 0 Å². The molecule has 3 rings (SSSR count). The second kappa shape index (κ2) is 5.46. The van der Waals surface area contributed by atoms with Crippen LogP contribution in [0.2, 0.25) is 5.02 Å². The van der Waals surface area contributed by atoms with E-state index in [0.29, 0.717) is 10.8 Å². The third-order valence-corrected chi connectivity index (χ3v) is 3.50. The minimum atomic E-state index is 0.239. The lowest BCUT2D eigenvalue weighted by Gasteiger charge is -2.07. The molecule has 0 saturated heterocycles. The van der Waals surface area contributed by atoms with Gasteiger partial charge in [-0.1, -0.05) is 23.7 Å². The molecule has 0 aliphatic rings. The Morgan fingerprint density at radius 2 is 1.95 bits per heavy atom. The first-order valence-corrected chi connectivity index (χ1v) is 6.67. The van der Waals surface area contributed by atoms with Crippen LogP contribution >= 0.6 is 11.6 Å². The van der Waals surface area contributed by atoms with Gasteiger partial charge in [0.25, 0.3) is 0 Å². The van der Waals surface area contributed by atoms with E-state index in [0.717, 1.165) is 22.6 Å². The van der Waals surface area contributed by atoms with Gasteiger partial charge in [-0.15, -0.1) is 0 Å². The number of H-pyrrole nitrogens is 1. The summed E-state index contributed by atoms with van der Waals surface area (Å²) in [5.74, 6) is 0.875. The predicted octanol–water partition coefficient (Wildman–Crippen LogP) is 3.38. The average molecular weight is 301 g/mol. The summed E-state index contributed by atoms with van der Waals surface area (Å²) in [5, 5.41) is 0.565. The van der Waals surface area contributed by atoms with Gasteiger partial charge in [0.15, 0.2) is 0 Å². The number of nitrogens with one attached hydrogen (secondary N) is 1. The first-order chi connectivity index (χ1) is 10.2. The Hall–Kier alpha value is -2.53. The highest BCUT2D eigenvalue weighted by Gasteiger charge is 2.11. The Kier molecular flexibility index (Phi) is 3.50. The van der Waals surface area contributed by atoms with Crippen molar-refractivity contribution in [2.45, 2.75) is 0 Å². The van der Waals surface area contributed by atoms with E-state index in [1.54, 1.807) is 19.4 Å². The standard InChI is InChI=1S/C15H13ClN4O/c1-21-13-4-2-3-9(14(13)16)10-5-6-11(19-10)12-7-8-18-15(17)20-12/h2-8,19H,1H3,(H2,17,18,20). The molecule has 6 heteroatoms. The Bertz CT molecular complexity index is 785. The monoisotopic (exact) mass is 300 g/mol. The van der Waals surface area contributed by atoms with Crippen molar-refractivity contribution < 1.29 is 4.74 Å². The zero-order valence-corrected chi connectivity index (χ0v) is 12.1. The number of halogens is 1. The minimum absolute atomic E-state index is 0.239. The fourth-order valence-electron chi connectivity index (χ4n) is 2.10. The molecule has 2 heterocycles. The Morgan fingerprint density at radius 1 is 1.14 bits per heavy atom. The topological polar surface area (TPSA) is 76.8 Å². The molecule has 0 atom stereocenters. The third kappa shape index (κ3) is 2.55. The van der Waals surface area contributed by atoms with Crippen LogP contribution in [0.15, 0.2) is 42.6 Å². The summed E-state index contributed by atoms with van der Waals surface area (Å²) in [7, 11) is 1.59. The molecule has 3 N–H and O–H groups in total. The van der Waals surface area contributed by atoms with Gasteiger partial charge >= 0.3 is 0 Å². The maximum atomic E-state index is 6.33. The fraction of sp³-hybridized carbons (Fsp3) is 0.0667. The van der Waals surface area contributed by atoms with Crippen LogP contribution in [0.5, 0.6) is 5.75 Å². The molecule has 0 bridgehead atoms. The van der Waals surface area contributed by atoms with Gasteiger partial charge in [-0.05, 0) is 24.3 Å². The number of nitrogen functional groups attached to an aromatic ring is 1. The SMILES string of the molecule is COc1cccc(-c2ccc(-c3ccnc(N)n3)[nH]2)c1Cl. The van der Waals surface area contributed by atoms with Crippen LogP contribution in [-0.4, -0.2) is 22.1 Å². The van der Waals surface area contributed by atoms with Crippen molar-refractivity contribution in [2.75, 3.05) is 12.8 Å². The predicted molar refractivity (Wildman–Crippen MR) is 83.2 cm³/mol. The minimum Gasteiger partial charge on any atom is -0.495 e. The molecule has 0 radical (unpaired) electrons. The summed E-state index contributed by atoms with van der Waals surface area (Å²) < 4.78 is 5.23. The molecule has 0 spiro atoms. The molecule has 21 heavy (non-hydrogen) atoms. The number of methoxy groups -OCH3 is 1. The molecule has 2 aromatic heterocycles. The van der Waals surface area contributed by atoms with Crippen molar-refractivity contribution >= 4 is 17.5 Å². The molecule has 0 aliphatic heterocycles. The maximum absolute atomic E-state index is 6.33. The van der Waals surface area contributed by atoms with Gasteiger partial charge in [0.05, 0.1) is 23.5 Å². The lowest BCUT2D eigenvalue weighted by Crippen LogP contribution is -1.95. The lowest BCUT2D eigenvalue weighted by molar-refractivity contribution is 0.415. The number of nitrogens with zero attached hydrogens (tertiary/aromatic N) is 2. The molecule has 0 unspecified atom stereocenters. The van der Waals surface area contributed by atoms with E-state index in [1.165, 1.54) is 0 Å². The number of hydrogen-bond donors (Lipinski definition) is 2. The lowest BCUT2D eigenvalue weighted by atomic mass is 10.1. The van der Waals surface area contributed by atoms with Crippen LogP contribution in [0.3, 0.4) is 0 Å². The molecule has 106 valence electrons. The van der Waals surface area contributed by atoms with Gasteiger partial charge < -0.3 is 15.5 Å². The molecule has 0 fully saturated rings. The number of rotatable bonds is 3. The number of nitrogens with two attached hydrogens (primary N) is 1. The normalized spacial score (nSPS) is 10.6.